The summed E-state index contributed by atoms with van der Waals surface area (Å²) in [7, 11) is 2.75. The fraction of sp³-hybridized carbons (Fsp3) is 0.769. The molecule has 1 saturated heterocycles. The first-order chi connectivity index (χ1) is 9.39. The Kier molecular flexibility index (Phi) is 4.46. The number of rotatable bonds is 4. The van der Waals surface area contributed by atoms with Gasteiger partial charge in [-0.3, -0.25) is 0 Å². The summed E-state index contributed by atoms with van der Waals surface area (Å²) in [5.74, 6) is -1.47. The van der Waals surface area contributed by atoms with Gasteiger partial charge in [-0.1, -0.05) is 0 Å². The quantitative estimate of drug-likeness (QED) is 0.574. The summed E-state index contributed by atoms with van der Waals surface area (Å²) in [4.78, 5) is 11.7. The Morgan fingerprint density at radius 2 is 2.00 bits per heavy atom. The normalized spacial score (nSPS) is 35.4. The smallest absolute Gasteiger partial charge is 0.336 e. The van der Waals surface area contributed by atoms with Crippen LogP contribution in [-0.2, 0) is 28.5 Å². The molecule has 4 atom stereocenters. The molecule has 20 heavy (non-hydrogen) atoms. The van der Waals surface area contributed by atoms with Crippen LogP contribution < -0.4 is 0 Å². The number of methoxy groups -OCH3 is 2. The largest absolute Gasteiger partial charge is 0.466 e. The molecule has 0 saturated carbocycles. The van der Waals surface area contributed by atoms with Crippen molar-refractivity contribution in [2.24, 2.45) is 0 Å². The van der Waals surface area contributed by atoms with Gasteiger partial charge in [-0.2, -0.15) is 0 Å². The van der Waals surface area contributed by atoms with E-state index >= 15 is 0 Å². The maximum atomic E-state index is 11.7. The number of esters is 1. The second kappa shape index (κ2) is 5.79. The lowest BCUT2D eigenvalue weighted by Crippen LogP contribution is -2.49. The molecule has 0 bridgehead atoms. The number of hydrogen-bond acceptors (Lipinski definition) is 7. The topological polar surface area (TPSA) is 83.5 Å². The molecule has 1 aliphatic heterocycles. The molecule has 0 unspecified atom stereocenters. The fourth-order valence-electron chi connectivity index (χ4n) is 2.46. The van der Waals surface area contributed by atoms with Crippen molar-refractivity contribution in [2.75, 3.05) is 21.0 Å². The lowest BCUT2D eigenvalue weighted by atomic mass is 9.89. The fourth-order valence-corrected chi connectivity index (χ4v) is 2.46. The van der Waals surface area contributed by atoms with Gasteiger partial charge >= 0.3 is 5.97 Å². The third-order valence-electron chi connectivity index (χ3n) is 3.26. The summed E-state index contributed by atoms with van der Waals surface area (Å²) in [6.07, 6.45) is -1.37. The highest BCUT2D eigenvalue weighted by atomic mass is 16.8. The summed E-state index contributed by atoms with van der Waals surface area (Å²) in [5, 5.41) is 10.3. The molecular formula is C13H20O7. The molecule has 0 spiro atoms. The van der Waals surface area contributed by atoms with Crippen molar-refractivity contribution in [1.82, 2.24) is 0 Å². The second-order valence-corrected chi connectivity index (χ2v) is 5.16. The third-order valence-corrected chi connectivity index (χ3v) is 3.26. The molecule has 1 fully saturated rings. The molecule has 2 rings (SSSR count). The summed E-state index contributed by atoms with van der Waals surface area (Å²) >= 11 is 0. The first kappa shape index (κ1) is 15.4. The highest BCUT2D eigenvalue weighted by Crippen LogP contribution is 2.38. The number of hydrogen-bond donors (Lipinski definition) is 1. The minimum Gasteiger partial charge on any atom is -0.466 e. The molecule has 7 nitrogen and oxygen atoms in total. The molecule has 2 aliphatic rings. The number of ether oxygens (including phenoxy) is 5. The van der Waals surface area contributed by atoms with Crippen molar-refractivity contribution in [3.05, 3.63) is 11.6 Å². The molecule has 1 heterocycles. The number of aliphatic hydroxyl groups is 1. The van der Waals surface area contributed by atoms with Gasteiger partial charge in [0.1, 0.15) is 31.2 Å². The Balaban J connectivity index is 2.27. The van der Waals surface area contributed by atoms with Crippen molar-refractivity contribution >= 4 is 5.97 Å². The Bertz CT molecular complexity index is 404. The summed E-state index contributed by atoms with van der Waals surface area (Å²) in [6.45, 7) is 3.52. The van der Waals surface area contributed by atoms with Crippen LogP contribution in [0, 0.1) is 0 Å². The van der Waals surface area contributed by atoms with E-state index in [1.165, 1.54) is 20.3 Å². The number of fused-ring (bicyclic) bond motifs is 1. The zero-order valence-electron chi connectivity index (χ0n) is 12.0. The molecule has 0 aromatic carbocycles. The summed E-state index contributed by atoms with van der Waals surface area (Å²) < 4.78 is 26.4. The van der Waals surface area contributed by atoms with E-state index in [1.54, 1.807) is 13.8 Å². The molecule has 1 N–H and O–H groups in total. The van der Waals surface area contributed by atoms with Gasteiger partial charge in [0.05, 0.1) is 12.7 Å². The van der Waals surface area contributed by atoms with Crippen molar-refractivity contribution < 1.29 is 33.6 Å². The molecule has 0 aromatic rings. The zero-order valence-corrected chi connectivity index (χ0v) is 12.0. The Morgan fingerprint density at radius 3 is 2.60 bits per heavy atom. The second-order valence-electron chi connectivity index (χ2n) is 5.16. The monoisotopic (exact) mass is 288 g/mol. The molecule has 0 radical (unpaired) electrons. The third kappa shape index (κ3) is 2.87. The van der Waals surface area contributed by atoms with Gasteiger partial charge in [0.25, 0.3) is 0 Å². The summed E-state index contributed by atoms with van der Waals surface area (Å²) in [6, 6.07) is 0. The van der Waals surface area contributed by atoms with Crippen LogP contribution in [0.15, 0.2) is 11.6 Å². The van der Waals surface area contributed by atoms with Gasteiger partial charge in [0, 0.05) is 7.11 Å². The van der Waals surface area contributed by atoms with Crippen molar-refractivity contribution in [3.63, 3.8) is 0 Å². The van der Waals surface area contributed by atoms with Crippen LogP contribution in [0.25, 0.3) is 0 Å². The van der Waals surface area contributed by atoms with E-state index < -0.39 is 36.2 Å². The van der Waals surface area contributed by atoms with Gasteiger partial charge in [0.2, 0.25) is 0 Å². The van der Waals surface area contributed by atoms with Gasteiger partial charge in [0.15, 0.2) is 5.79 Å². The number of aliphatic hydroxyl groups excluding tert-OH is 1. The lowest BCUT2D eigenvalue weighted by Gasteiger charge is -2.32. The minimum atomic E-state index is -1.11. The molecule has 7 heteroatoms. The van der Waals surface area contributed by atoms with Crippen LogP contribution in [0.3, 0.4) is 0 Å². The average molecular weight is 288 g/mol. The maximum absolute atomic E-state index is 11.7. The predicted octanol–water partition coefficient (Wildman–Crippen LogP) is -0.0305. The van der Waals surface area contributed by atoms with Crippen molar-refractivity contribution in [3.8, 4) is 0 Å². The van der Waals surface area contributed by atoms with Crippen LogP contribution in [0.5, 0.6) is 0 Å². The van der Waals surface area contributed by atoms with E-state index in [2.05, 4.69) is 4.74 Å². The lowest BCUT2D eigenvalue weighted by molar-refractivity contribution is -0.164. The van der Waals surface area contributed by atoms with Crippen LogP contribution in [0.4, 0.5) is 0 Å². The number of carbonyl (C=O) groups excluding carboxylic acids is 1. The Morgan fingerprint density at radius 1 is 1.35 bits per heavy atom. The van der Waals surface area contributed by atoms with E-state index in [1.807, 2.05) is 0 Å². The van der Waals surface area contributed by atoms with Crippen LogP contribution in [0.2, 0.25) is 0 Å². The SMILES string of the molecule is COCO[C@H]1C=C(C(=O)OC)[C@@H](O)[C@H]2OC(C)(C)O[C@H]21. The van der Waals surface area contributed by atoms with E-state index in [0.717, 1.165) is 0 Å². The van der Waals surface area contributed by atoms with Gasteiger partial charge in [-0.15, -0.1) is 0 Å². The molecule has 0 aromatic heterocycles. The van der Waals surface area contributed by atoms with Crippen LogP contribution in [-0.4, -0.2) is 62.3 Å². The number of carbonyl (C=O) groups is 1. The molecule has 1 aliphatic carbocycles. The molecule has 0 amide bonds. The Labute approximate surface area is 117 Å². The van der Waals surface area contributed by atoms with Gasteiger partial charge in [-0.05, 0) is 19.9 Å². The molecule has 114 valence electrons. The van der Waals surface area contributed by atoms with Crippen molar-refractivity contribution in [1.29, 1.82) is 0 Å². The predicted molar refractivity (Wildman–Crippen MR) is 66.7 cm³/mol. The van der Waals surface area contributed by atoms with E-state index in [4.69, 9.17) is 18.9 Å². The zero-order chi connectivity index (χ0) is 14.9. The molecular weight excluding hydrogens is 268 g/mol. The highest BCUT2D eigenvalue weighted by Gasteiger charge is 2.52. The summed E-state index contributed by atoms with van der Waals surface area (Å²) in [5.41, 5.74) is 0.108. The van der Waals surface area contributed by atoms with Gasteiger partial charge in [-0.25, -0.2) is 4.79 Å². The average Bonchev–Trinajstić information content (AvgIpc) is 2.73. The minimum absolute atomic E-state index is 0.0404. The highest BCUT2D eigenvalue weighted by molar-refractivity contribution is 5.90. The first-order valence-electron chi connectivity index (χ1n) is 6.34. The van der Waals surface area contributed by atoms with Crippen LogP contribution in [0.1, 0.15) is 13.8 Å². The van der Waals surface area contributed by atoms with Crippen LogP contribution >= 0.6 is 0 Å². The van der Waals surface area contributed by atoms with E-state index in [-0.39, 0.29) is 12.4 Å². The van der Waals surface area contributed by atoms with Gasteiger partial charge < -0.3 is 28.8 Å². The van der Waals surface area contributed by atoms with E-state index in [0.29, 0.717) is 0 Å². The first-order valence-corrected chi connectivity index (χ1v) is 6.34. The standard InChI is InChI=1S/C13H20O7/c1-13(2)19-10-8(18-6-16-3)5-7(12(15)17-4)9(14)11(10)20-13/h5,8-11,14H,6H2,1-4H3/t8-,9+,10-,11+/m0/s1. The van der Waals surface area contributed by atoms with Crippen molar-refractivity contribution in [2.45, 2.75) is 44.1 Å². The van der Waals surface area contributed by atoms with E-state index in [9.17, 15) is 9.90 Å². The Hall–Kier alpha value is -0.990. The maximum Gasteiger partial charge on any atom is 0.336 e.